The Bertz CT molecular complexity index is 346. The first-order chi connectivity index (χ1) is 11.6. The first-order valence-corrected chi connectivity index (χ1v) is 10.6. The summed E-state index contributed by atoms with van der Waals surface area (Å²) in [4.78, 5) is 0. The SMILES string of the molecule is CCCC(C)CC1CC(C(C)CCC)OCC2(COPOC2)CO1. The molecule has 0 saturated carbocycles. The molecule has 2 aliphatic heterocycles. The molecule has 1 spiro atoms. The van der Waals surface area contributed by atoms with Crippen molar-refractivity contribution >= 4 is 9.03 Å². The van der Waals surface area contributed by atoms with Gasteiger partial charge in [-0.1, -0.05) is 47.0 Å². The highest BCUT2D eigenvalue weighted by Gasteiger charge is 2.39. The van der Waals surface area contributed by atoms with Gasteiger partial charge in [0.15, 0.2) is 9.03 Å². The summed E-state index contributed by atoms with van der Waals surface area (Å²) >= 11 is 0. The van der Waals surface area contributed by atoms with Gasteiger partial charge in [0.1, 0.15) is 0 Å². The van der Waals surface area contributed by atoms with Crippen LogP contribution in [0, 0.1) is 17.3 Å². The number of hydrogen-bond donors (Lipinski definition) is 0. The molecule has 2 heterocycles. The zero-order valence-electron chi connectivity index (χ0n) is 16.0. The lowest BCUT2D eigenvalue weighted by Crippen LogP contribution is -2.47. The Kier molecular flexibility index (Phi) is 8.94. The standard InChI is InChI=1S/C19H37O4P/c1-5-7-15(3)9-17-10-18(16(4)8-6-2)21-12-19(11-20-17)13-22-24-23-14-19/h15-18,24H,5-14H2,1-4H3. The predicted octanol–water partition coefficient (Wildman–Crippen LogP) is 4.96. The highest BCUT2D eigenvalue weighted by molar-refractivity contribution is 7.26. The van der Waals surface area contributed by atoms with Crippen LogP contribution in [0.1, 0.15) is 66.2 Å². The minimum absolute atomic E-state index is 0.123. The van der Waals surface area contributed by atoms with E-state index in [2.05, 4.69) is 27.7 Å². The molecule has 0 amide bonds. The molecule has 2 rings (SSSR count). The highest BCUT2D eigenvalue weighted by atomic mass is 31.1. The molecule has 0 aromatic rings. The van der Waals surface area contributed by atoms with Crippen LogP contribution < -0.4 is 0 Å². The Morgan fingerprint density at radius 1 is 0.958 bits per heavy atom. The molecule has 142 valence electrons. The normalized spacial score (nSPS) is 35.5. The van der Waals surface area contributed by atoms with Gasteiger partial charge < -0.3 is 18.5 Å². The summed E-state index contributed by atoms with van der Waals surface area (Å²) in [6.45, 7) is 11.9. The zero-order valence-corrected chi connectivity index (χ0v) is 17.0. The van der Waals surface area contributed by atoms with E-state index >= 15 is 0 Å². The van der Waals surface area contributed by atoms with Crippen molar-refractivity contribution in [1.29, 1.82) is 0 Å². The van der Waals surface area contributed by atoms with Crippen LogP contribution in [-0.2, 0) is 18.5 Å². The van der Waals surface area contributed by atoms with Gasteiger partial charge in [-0.2, -0.15) is 0 Å². The van der Waals surface area contributed by atoms with Crippen LogP contribution in [-0.4, -0.2) is 38.6 Å². The van der Waals surface area contributed by atoms with Crippen molar-refractivity contribution in [2.24, 2.45) is 17.3 Å². The van der Waals surface area contributed by atoms with Gasteiger partial charge in [0.2, 0.25) is 0 Å². The second-order valence-electron chi connectivity index (χ2n) is 8.07. The van der Waals surface area contributed by atoms with E-state index in [1.165, 1.54) is 25.7 Å². The average Bonchev–Trinajstić information content (AvgIpc) is 2.56. The third kappa shape index (κ3) is 6.21. The van der Waals surface area contributed by atoms with Gasteiger partial charge in [0.05, 0.1) is 44.1 Å². The van der Waals surface area contributed by atoms with Crippen LogP contribution in [0.2, 0.25) is 0 Å². The third-order valence-corrected chi connectivity index (χ3v) is 5.95. The molecule has 0 aromatic heterocycles. The molecule has 4 unspecified atom stereocenters. The lowest BCUT2D eigenvalue weighted by atomic mass is 9.87. The van der Waals surface area contributed by atoms with Gasteiger partial charge in [0, 0.05) is 6.42 Å². The summed E-state index contributed by atoms with van der Waals surface area (Å²) < 4.78 is 24.0. The van der Waals surface area contributed by atoms with Crippen LogP contribution >= 0.6 is 9.03 Å². The number of hydrogen-bond acceptors (Lipinski definition) is 4. The van der Waals surface area contributed by atoms with Gasteiger partial charge in [-0.05, 0) is 24.7 Å². The van der Waals surface area contributed by atoms with E-state index in [9.17, 15) is 0 Å². The van der Waals surface area contributed by atoms with Crippen molar-refractivity contribution in [3.63, 3.8) is 0 Å². The Morgan fingerprint density at radius 3 is 2.29 bits per heavy atom. The first kappa shape index (κ1) is 20.6. The molecular formula is C19H37O4P. The summed E-state index contributed by atoms with van der Waals surface area (Å²) in [5.74, 6) is 1.28. The van der Waals surface area contributed by atoms with Crippen molar-refractivity contribution in [2.45, 2.75) is 78.4 Å². The molecule has 2 fully saturated rings. The van der Waals surface area contributed by atoms with E-state index in [4.69, 9.17) is 18.5 Å². The molecule has 24 heavy (non-hydrogen) atoms. The van der Waals surface area contributed by atoms with Gasteiger partial charge in [0.25, 0.3) is 0 Å². The van der Waals surface area contributed by atoms with Crippen LogP contribution in [0.15, 0.2) is 0 Å². The van der Waals surface area contributed by atoms with Crippen molar-refractivity contribution in [3.05, 3.63) is 0 Å². The fourth-order valence-electron chi connectivity index (χ4n) is 3.89. The van der Waals surface area contributed by atoms with Gasteiger partial charge in [-0.15, -0.1) is 0 Å². The lowest BCUT2D eigenvalue weighted by molar-refractivity contribution is -0.158. The second kappa shape index (κ2) is 10.4. The van der Waals surface area contributed by atoms with E-state index in [-0.39, 0.29) is 26.7 Å². The molecule has 5 heteroatoms. The molecule has 0 aliphatic carbocycles. The Labute approximate surface area is 150 Å². The largest absolute Gasteiger partial charge is 0.377 e. The lowest BCUT2D eigenvalue weighted by Gasteiger charge is -2.42. The molecule has 0 aromatic carbocycles. The fourth-order valence-corrected chi connectivity index (χ4v) is 4.71. The van der Waals surface area contributed by atoms with Crippen LogP contribution in [0.3, 0.4) is 0 Å². The summed E-state index contributed by atoms with van der Waals surface area (Å²) in [6.07, 6.45) is 7.66. The molecule has 0 radical (unpaired) electrons. The van der Waals surface area contributed by atoms with E-state index in [1.54, 1.807) is 0 Å². The molecule has 2 saturated heterocycles. The van der Waals surface area contributed by atoms with E-state index in [0.29, 0.717) is 38.3 Å². The van der Waals surface area contributed by atoms with E-state index in [0.717, 1.165) is 12.8 Å². The summed E-state index contributed by atoms with van der Waals surface area (Å²) in [5, 5.41) is 0. The first-order valence-electron chi connectivity index (χ1n) is 9.80. The third-order valence-electron chi connectivity index (χ3n) is 5.42. The van der Waals surface area contributed by atoms with E-state index < -0.39 is 0 Å². The maximum Gasteiger partial charge on any atom is 0.155 e. The Morgan fingerprint density at radius 2 is 1.62 bits per heavy atom. The topological polar surface area (TPSA) is 36.9 Å². The summed E-state index contributed by atoms with van der Waals surface area (Å²) in [6, 6.07) is 0. The zero-order chi connectivity index (χ0) is 17.4. The van der Waals surface area contributed by atoms with Gasteiger partial charge in [-0.25, -0.2) is 0 Å². The van der Waals surface area contributed by atoms with Crippen LogP contribution in [0.4, 0.5) is 0 Å². The number of rotatable bonds is 7. The average molecular weight is 360 g/mol. The maximum atomic E-state index is 6.43. The highest BCUT2D eigenvalue weighted by Crippen LogP contribution is 2.36. The molecule has 0 N–H and O–H groups in total. The summed E-state index contributed by atoms with van der Waals surface area (Å²) in [7, 11) is 0.164. The summed E-state index contributed by atoms with van der Waals surface area (Å²) in [5.41, 5.74) is -0.123. The smallest absolute Gasteiger partial charge is 0.155 e. The fraction of sp³-hybridized carbons (Fsp3) is 1.00. The monoisotopic (exact) mass is 360 g/mol. The van der Waals surface area contributed by atoms with Crippen LogP contribution in [0.25, 0.3) is 0 Å². The minimum Gasteiger partial charge on any atom is -0.377 e. The molecule has 4 atom stereocenters. The quantitative estimate of drug-likeness (QED) is 0.601. The molecular weight excluding hydrogens is 323 g/mol. The molecule has 4 nitrogen and oxygen atoms in total. The van der Waals surface area contributed by atoms with Crippen LogP contribution in [0.5, 0.6) is 0 Å². The predicted molar refractivity (Wildman–Crippen MR) is 99.5 cm³/mol. The van der Waals surface area contributed by atoms with Crippen molar-refractivity contribution < 1.29 is 18.5 Å². The molecule has 0 bridgehead atoms. The van der Waals surface area contributed by atoms with Crippen molar-refractivity contribution in [2.75, 3.05) is 26.4 Å². The van der Waals surface area contributed by atoms with Crippen molar-refractivity contribution in [3.8, 4) is 0 Å². The van der Waals surface area contributed by atoms with Gasteiger partial charge in [-0.3, -0.25) is 0 Å². The minimum atomic E-state index is -0.123. The number of ether oxygens (including phenoxy) is 2. The Hall–Kier alpha value is 0.270. The second-order valence-corrected chi connectivity index (χ2v) is 8.82. The maximum absolute atomic E-state index is 6.43. The Balaban J connectivity index is 2.03. The van der Waals surface area contributed by atoms with Gasteiger partial charge >= 0.3 is 0 Å². The van der Waals surface area contributed by atoms with Crippen molar-refractivity contribution in [1.82, 2.24) is 0 Å². The van der Waals surface area contributed by atoms with E-state index in [1.807, 2.05) is 0 Å². The molecule has 2 aliphatic rings.